The highest BCUT2D eigenvalue weighted by Crippen LogP contribution is 2.24. The number of hydrogen-bond donors (Lipinski definition) is 3. The third-order valence-corrected chi connectivity index (χ3v) is 4.17. The largest absolute Gasteiger partial charge is 0.492 e. The van der Waals surface area contributed by atoms with Gasteiger partial charge in [0, 0.05) is 13.2 Å². The molecule has 3 N–H and O–H groups in total. The maximum atomic E-state index is 12.1. The molecule has 0 fully saturated rings. The number of carbonyl (C=O) groups excluding carboxylic acids is 2. The first kappa shape index (κ1) is 20.5. The number of hydrogen-bond acceptors (Lipinski definition) is 4. The molecule has 2 rings (SSSR count). The molecule has 6 nitrogen and oxygen atoms in total. The topological polar surface area (TPSA) is 87.7 Å². The number of aliphatic hydroxyl groups excluding tert-OH is 1. The van der Waals surface area contributed by atoms with Crippen molar-refractivity contribution in [3.63, 3.8) is 0 Å². The monoisotopic (exact) mass is 370 g/mol. The highest BCUT2D eigenvalue weighted by Gasteiger charge is 2.17. The predicted molar refractivity (Wildman–Crippen MR) is 105 cm³/mol. The summed E-state index contributed by atoms with van der Waals surface area (Å²) in [7, 11) is 0. The van der Waals surface area contributed by atoms with E-state index in [1.54, 1.807) is 24.3 Å². The van der Waals surface area contributed by atoms with Crippen LogP contribution in [0, 0.1) is 0 Å². The summed E-state index contributed by atoms with van der Waals surface area (Å²) in [5.41, 5.74) is 1.57. The summed E-state index contributed by atoms with van der Waals surface area (Å²) >= 11 is 0. The SMILES string of the molecule is CCOc1ccccc1NC(=O)C(=O)NCCC(CCO)c1ccccc1. The number of nitrogens with one attached hydrogen (secondary N) is 2. The van der Waals surface area contributed by atoms with Gasteiger partial charge in [0.2, 0.25) is 0 Å². The van der Waals surface area contributed by atoms with Gasteiger partial charge >= 0.3 is 11.8 Å². The third-order valence-electron chi connectivity index (χ3n) is 4.17. The molecule has 2 aromatic rings. The molecule has 144 valence electrons. The molecule has 0 aromatic heterocycles. The molecule has 6 heteroatoms. The van der Waals surface area contributed by atoms with Gasteiger partial charge in [-0.15, -0.1) is 0 Å². The van der Waals surface area contributed by atoms with E-state index in [9.17, 15) is 14.7 Å². The summed E-state index contributed by atoms with van der Waals surface area (Å²) in [6, 6.07) is 16.8. The van der Waals surface area contributed by atoms with Gasteiger partial charge in [0.25, 0.3) is 0 Å². The van der Waals surface area contributed by atoms with E-state index in [1.165, 1.54) is 0 Å². The lowest BCUT2D eigenvalue weighted by molar-refractivity contribution is -0.136. The Hall–Kier alpha value is -2.86. The van der Waals surface area contributed by atoms with Crippen molar-refractivity contribution in [3.8, 4) is 5.75 Å². The summed E-state index contributed by atoms with van der Waals surface area (Å²) in [6.07, 6.45) is 1.24. The van der Waals surface area contributed by atoms with Crippen LogP contribution in [0.1, 0.15) is 31.2 Å². The Morgan fingerprint density at radius 2 is 1.70 bits per heavy atom. The van der Waals surface area contributed by atoms with E-state index in [2.05, 4.69) is 10.6 Å². The van der Waals surface area contributed by atoms with Crippen LogP contribution in [-0.4, -0.2) is 36.7 Å². The lowest BCUT2D eigenvalue weighted by atomic mass is 9.93. The first-order valence-electron chi connectivity index (χ1n) is 9.12. The first-order valence-corrected chi connectivity index (χ1v) is 9.12. The maximum absolute atomic E-state index is 12.1. The van der Waals surface area contributed by atoms with Gasteiger partial charge in [-0.3, -0.25) is 9.59 Å². The maximum Gasteiger partial charge on any atom is 0.313 e. The zero-order valence-corrected chi connectivity index (χ0v) is 15.5. The van der Waals surface area contributed by atoms with Crippen LogP contribution in [0.3, 0.4) is 0 Å². The molecule has 0 spiro atoms. The average Bonchev–Trinajstić information content (AvgIpc) is 2.69. The van der Waals surface area contributed by atoms with Crippen molar-refractivity contribution in [1.82, 2.24) is 5.32 Å². The van der Waals surface area contributed by atoms with Crippen molar-refractivity contribution in [2.75, 3.05) is 25.1 Å². The van der Waals surface area contributed by atoms with Crippen LogP contribution in [0.4, 0.5) is 5.69 Å². The summed E-state index contributed by atoms with van der Waals surface area (Å²) in [6.45, 7) is 2.73. The molecule has 0 saturated carbocycles. The van der Waals surface area contributed by atoms with Gasteiger partial charge in [-0.2, -0.15) is 0 Å². The number of aliphatic hydroxyl groups is 1. The van der Waals surface area contributed by atoms with Crippen molar-refractivity contribution in [1.29, 1.82) is 0 Å². The van der Waals surface area contributed by atoms with Crippen LogP contribution < -0.4 is 15.4 Å². The lowest BCUT2D eigenvalue weighted by Gasteiger charge is -2.16. The second-order valence-corrected chi connectivity index (χ2v) is 6.05. The van der Waals surface area contributed by atoms with E-state index < -0.39 is 11.8 Å². The van der Waals surface area contributed by atoms with Crippen molar-refractivity contribution >= 4 is 17.5 Å². The Labute approximate surface area is 159 Å². The number of rotatable bonds is 9. The normalized spacial score (nSPS) is 11.5. The Bertz CT molecular complexity index is 734. The van der Waals surface area contributed by atoms with Crippen LogP contribution in [0.15, 0.2) is 54.6 Å². The van der Waals surface area contributed by atoms with E-state index in [0.29, 0.717) is 37.4 Å². The number of carbonyl (C=O) groups is 2. The van der Waals surface area contributed by atoms with Gasteiger partial charge in [-0.05, 0) is 43.4 Å². The fourth-order valence-electron chi connectivity index (χ4n) is 2.83. The standard InChI is InChI=1S/C21H26N2O4/c1-2-27-19-11-7-6-10-18(19)23-21(26)20(25)22-14-12-17(13-15-24)16-8-4-3-5-9-16/h3-11,17,24H,2,12-15H2,1H3,(H,22,25)(H,23,26). The lowest BCUT2D eigenvalue weighted by Crippen LogP contribution is -2.36. The van der Waals surface area contributed by atoms with Gasteiger partial charge in [-0.25, -0.2) is 0 Å². The molecule has 2 aromatic carbocycles. The molecular formula is C21H26N2O4. The third kappa shape index (κ3) is 6.42. The molecule has 2 amide bonds. The average molecular weight is 370 g/mol. The van der Waals surface area contributed by atoms with Crippen molar-refractivity contribution in [3.05, 3.63) is 60.2 Å². The fourth-order valence-corrected chi connectivity index (χ4v) is 2.83. The van der Waals surface area contributed by atoms with Crippen LogP contribution in [0.25, 0.3) is 0 Å². The molecule has 0 aliphatic heterocycles. The Balaban J connectivity index is 1.86. The molecule has 27 heavy (non-hydrogen) atoms. The summed E-state index contributed by atoms with van der Waals surface area (Å²) in [5, 5.41) is 14.5. The second kappa shape index (κ2) is 11.0. The minimum absolute atomic E-state index is 0.0716. The van der Waals surface area contributed by atoms with Crippen LogP contribution in [0.2, 0.25) is 0 Å². The van der Waals surface area contributed by atoms with E-state index in [4.69, 9.17) is 4.74 Å². The van der Waals surface area contributed by atoms with Gasteiger partial charge in [0.15, 0.2) is 0 Å². The Morgan fingerprint density at radius 3 is 2.41 bits per heavy atom. The molecular weight excluding hydrogens is 344 g/mol. The number of benzene rings is 2. The molecule has 0 bridgehead atoms. The predicted octanol–water partition coefficient (Wildman–Crippen LogP) is 2.70. The number of amides is 2. The highest BCUT2D eigenvalue weighted by molar-refractivity contribution is 6.39. The molecule has 1 atom stereocenters. The van der Waals surface area contributed by atoms with Crippen molar-refractivity contribution in [2.24, 2.45) is 0 Å². The zero-order valence-electron chi connectivity index (χ0n) is 15.5. The molecule has 0 saturated heterocycles. The number of ether oxygens (including phenoxy) is 1. The minimum atomic E-state index is -0.736. The highest BCUT2D eigenvalue weighted by atomic mass is 16.5. The van der Waals surface area contributed by atoms with Gasteiger partial charge < -0.3 is 20.5 Å². The molecule has 0 aliphatic carbocycles. The summed E-state index contributed by atoms with van der Waals surface area (Å²) in [4.78, 5) is 24.2. The van der Waals surface area contributed by atoms with Crippen LogP contribution in [-0.2, 0) is 9.59 Å². The molecule has 0 heterocycles. The van der Waals surface area contributed by atoms with E-state index >= 15 is 0 Å². The van der Waals surface area contributed by atoms with Crippen molar-refractivity contribution < 1.29 is 19.4 Å². The molecule has 1 unspecified atom stereocenters. The zero-order chi connectivity index (χ0) is 19.5. The van der Waals surface area contributed by atoms with Crippen LogP contribution >= 0.6 is 0 Å². The summed E-state index contributed by atoms with van der Waals surface area (Å²) < 4.78 is 5.44. The van der Waals surface area contributed by atoms with E-state index in [-0.39, 0.29) is 12.5 Å². The Morgan fingerprint density at radius 1 is 1.00 bits per heavy atom. The molecule has 0 radical (unpaired) electrons. The van der Waals surface area contributed by atoms with Crippen LogP contribution in [0.5, 0.6) is 5.75 Å². The quantitative estimate of drug-likeness (QED) is 0.592. The van der Waals surface area contributed by atoms with Gasteiger partial charge in [-0.1, -0.05) is 42.5 Å². The van der Waals surface area contributed by atoms with E-state index in [1.807, 2.05) is 37.3 Å². The van der Waals surface area contributed by atoms with E-state index in [0.717, 1.165) is 5.56 Å². The summed E-state index contributed by atoms with van der Waals surface area (Å²) in [5.74, 6) is -0.788. The fraction of sp³-hybridized carbons (Fsp3) is 0.333. The number of anilines is 1. The van der Waals surface area contributed by atoms with Crippen molar-refractivity contribution in [2.45, 2.75) is 25.7 Å². The van der Waals surface area contributed by atoms with Gasteiger partial charge in [0.1, 0.15) is 5.75 Å². The smallest absolute Gasteiger partial charge is 0.313 e. The first-order chi connectivity index (χ1) is 13.2. The second-order valence-electron chi connectivity index (χ2n) is 6.05. The van der Waals surface area contributed by atoms with Gasteiger partial charge in [0.05, 0.1) is 12.3 Å². The number of para-hydroxylation sites is 2. The Kier molecular flexibility index (Phi) is 8.32. The molecule has 0 aliphatic rings. The minimum Gasteiger partial charge on any atom is -0.492 e.